The van der Waals surface area contributed by atoms with Crippen molar-refractivity contribution in [3.05, 3.63) is 24.4 Å². The Morgan fingerprint density at radius 2 is 2.23 bits per heavy atom. The first-order valence-corrected chi connectivity index (χ1v) is 7.81. The lowest BCUT2D eigenvalue weighted by molar-refractivity contribution is -0.140. The first-order valence-electron chi connectivity index (χ1n) is 6.01. The molecule has 0 aliphatic rings. The van der Waals surface area contributed by atoms with Crippen LogP contribution in [0.3, 0.4) is 0 Å². The highest BCUT2D eigenvalue weighted by molar-refractivity contribution is 7.99. The van der Waals surface area contributed by atoms with E-state index in [0.29, 0.717) is 20.7 Å². The van der Waals surface area contributed by atoms with Crippen LogP contribution in [0.2, 0.25) is 0 Å². The van der Waals surface area contributed by atoms with Gasteiger partial charge in [-0.05, 0) is 6.07 Å². The number of rotatable bonds is 4. The minimum atomic E-state index is -4.50. The molecule has 0 aliphatic heterocycles. The predicted molar refractivity (Wildman–Crippen MR) is 77.8 cm³/mol. The molecule has 0 saturated carbocycles. The molecule has 3 aromatic rings. The first kappa shape index (κ1) is 15.1. The summed E-state index contributed by atoms with van der Waals surface area (Å²) < 4.78 is 45.5. The summed E-state index contributed by atoms with van der Waals surface area (Å²) in [5, 5.41) is 11.6. The van der Waals surface area contributed by atoms with Crippen LogP contribution in [-0.4, -0.2) is 25.7 Å². The molecule has 0 N–H and O–H groups in total. The van der Waals surface area contributed by atoms with Gasteiger partial charge in [0.05, 0.1) is 4.88 Å². The summed E-state index contributed by atoms with van der Waals surface area (Å²) in [5.74, 6) is 0.803. The number of nitrogens with zero attached hydrogens (tertiary/aromatic N) is 4. The molecule has 3 heterocycles. The molecule has 0 unspecified atom stereocenters. The van der Waals surface area contributed by atoms with Crippen molar-refractivity contribution in [1.29, 1.82) is 0 Å². The molecule has 0 radical (unpaired) electrons. The molecule has 3 aromatic heterocycles. The van der Waals surface area contributed by atoms with E-state index < -0.39 is 11.9 Å². The van der Waals surface area contributed by atoms with Crippen molar-refractivity contribution in [2.45, 2.75) is 11.4 Å². The summed E-state index contributed by atoms with van der Waals surface area (Å²) >= 11 is 2.43. The normalized spacial score (nSPS) is 12.2. The van der Waals surface area contributed by atoms with Crippen molar-refractivity contribution in [1.82, 2.24) is 20.0 Å². The van der Waals surface area contributed by atoms with Gasteiger partial charge in [0, 0.05) is 18.2 Å². The van der Waals surface area contributed by atoms with E-state index in [-0.39, 0.29) is 11.3 Å². The molecule has 0 aromatic carbocycles. The Morgan fingerprint density at radius 1 is 1.45 bits per heavy atom. The monoisotopic (exact) mass is 346 g/mol. The van der Waals surface area contributed by atoms with Gasteiger partial charge in [0.1, 0.15) is 4.83 Å². The maximum Gasteiger partial charge on any atom is 0.435 e. The van der Waals surface area contributed by atoms with Crippen molar-refractivity contribution in [3.8, 4) is 10.8 Å². The molecule has 0 saturated heterocycles. The quantitative estimate of drug-likeness (QED) is 0.528. The Bertz CT molecular complexity index is 833. The molecule has 0 aliphatic carbocycles. The lowest BCUT2D eigenvalue weighted by Crippen LogP contribution is -2.07. The second-order valence-corrected chi connectivity index (χ2v) is 6.27. The van der Waals surface area contributed by atoms with E-state index in [1.54, 1.807) is 6.08 Å². The second-order valence-electron chi connectivity index (χ2n) is 4.27. The standard InChI is InChI=1S/C12H9F3N4OS2/c1-3-4-21-11-17-16-9(20-11)7-5-6-8(12(13,14)15)18-19(2)10(6)22-7/h3,5H,1,4H2,2H3. The van der Waals surface area contributed by atoms with Gasteiger partial charge in [-0.1, -0.05) is 17.8 Å². The summed E-state index contributed by atoms with van der Waals surface area (Å²) in [6.45, 7) is 3.58. The van der Waals surface area contributed by atoms with Crippen molar-refractivity contribution >= 4 is 33.3 Å². The number of thiophene rings is 1. The molecule has 0 spiro atoms. The van der Waals surface area contributed by atoms with Crippen LogP contribution in [0, 0.1) is 0 Å². The molecule has 0 fully saturated rings. The molecular formula is C12H9F3N4OS2. The van der Waals surface area contributed by atoms with Gasteiger partial charge in [-0.2, -0.15) is 18.3 Å². The molecule has 3 rings (SSSR count). The number of thioether (sulfide) groups is 1. The lowest BCUT2D eigenvalue weighted by Gasteiger charge is -2.00. The van der Waals surface area contributed by atoms with Crippen LogP contribution in [-0.2, 0) is 13.2 Å². The van der Waals surface area contributed by atoms with Gasteiger partial charge in [-0.3, -0.25) is 4.68 Å². The highest BCUT2D eigenvalue weighted by Crippen LogP contribution is 2.40. The van der Waals surface area contributed by atoms with Crippen LogP contribution in [0.25, 0.3) is 21.0 Å². The average Bonchev–Trinajstić information content (AvgIpc) is 3.11. The minimum absolute atomic E-state index is 0.0356. The van der Waals surface area contributed by atoms with Crippen molar-refractivity contribution in [3.63, 3.8) is 0 Å². The summed E-state index contributed by atoms with van der Waals surface area (Å²) in [7, 11) is 1.47. The van der Waals surface area contributed by atoms with Crippen molar-refractivity contribution in [2.24, 2.45) is 7.05 Å². The van der Waals surface area contributed by atoms with Crippen LogP contribution in [0.15, 0.2) is 28.4 Å². The van der Waals surface area contributed by atoms with Crippen LogP contribution in [0.1, 0.15) is 5.69 Å². The number of hydrogen-bond acceptors (Lipinski definition) is 6. The van der Waals surface area contributed by atoms with Gasteiger partial charge in [-0.15, -0.1) is 28.1 Å². The lowest BCUT2D eigenvalue weighted by atomic mass is 10.3. The Hall–Kier alpha value is -1.81. The number of aryl methyl sites for hydroxylation is 1. The molecule has 0 bridgehead atoms. The zero-order valence-electron chi connectivity index (χ0n) is 11.2. The smallest absolute Gasteiger partial charge is 0.410 e. The van der Waals surface area contributed by atoms with Gasteiger partial charge >= 0.3 is 6.18 Å². The van der Waals surface area contributed by atoms with E-state index in [1.807, 2.05) is 0 Å². The number of alkyl halides is 3. The van der Waals surface area contributed by atoms with E-state index in [0.717, 1.165) is 11.3 Å². The zero-order valence-corrected chi connectivity index (χ0v) is 12.8. The summed E-state index contributed by atoms with van der Waals surface area (Å²) in [6.07, 6.45) is -2.81. The number of fused-ring (bicyclic) bond motifs is 1. The average molecular weight is 346 g/mol. The van der Waals surface area contributed by atoms with Gasteiger partial charge < -0.3 is 4.42 Å². The fraction of sp³-hybridized carbons (Fsp3) is 0.250. The Morgan fingerprint density at radius 3 is 2.91 bits per heavy atom. The van der Waals surface area contributed by atoms with E-state index >= 15 is 0 Å². The minimum Gasteiger partial charge on any atom is -0.410 e. The van der Waals surface area contributed by atoms with Crippen molar-refractivity contribution < 1.29 is 17.6 Å². The summed E-state index contributed by atoms with van der Waals surface area (Å²) in [4.78, 5) is 0.882. The van der Waals surface area contributed by atoms with Crippen LogP contribution in [0.5, 0.6) is 0 Å². The summed E-state index contributed by atoms with van der Waals surface area (Å²) in [6, 6.07) is 1.38. The van der Waals surface area contributed by atoms with E-state index in [9.17, 15) is 13.2 Å². The first-order chi connectivity index (χ1) is 10.4. The van der Waals surface area contributed by atoms with Gasteiger partial charge in [0.25, 0.3) is 11.1 Å². The zero-order chi connectivity index (χ0) is 15.9. The van der Waals surface area contributed by atoms with Crippen molar-refractivity contribution in [2.75, 3.05) is 5.75 Å². The molecule has 0 amide bonds. The topological polar surface area (TPSA) is 56.7 Å². The third kappa shape index (κ3) is 2.63. The number of halogens is 3. The Balaban J connectivity index is 2.02. The van der Waals surface area contributed by atoms with Crippen LogP contribution >= 0.6 is 23.1 Å². The molecule has 22 heavy (non-hydrogen) atoms. The maximum atomic E-state index is 13.0. The molecule has 5 nitrogen and oxygen atoms in total. The van der Waals surface area contributed by atoms with E-state index in [2.05, 4.69) is 21.9 Å². The van der Waals surface area contributed by atoms with Crippen LogP contribution < -0.4 is 0 Å². The maximum absolute atomic E-state index is 13.0. The van der Waals surface area contributed by atoms with Gasteiger partial charge in [-0.25, -0.2) is 0 Å². The van der Waals surface area contributed by atoms with Gasteiger partial charge in [0.2, 0.25) is 0 Å². The second kappa shape index (κ2) is 5.43. The Labute approximate surface area is 130 Å². The summed E-state index contributed by atoms with van der Waals surface area (Å²) in [5.41, 5.74) is -0.909. The Kier molecular flexibility index (Phi) is 3.73. The highest BCUT2D eigenvalue weighted by atomic mass is 32.2. The number of aromatic nitrogens is 4. The fourth-order valence-corrected chi connectivity index (χ4v) is 3.34. The van der Waals surface area contributed by atoms with Gasteiger partial charge in [0.15, 0.2) is 5.69 Å². The third-order valence-electron chi connectivity index (χ3n) is 2.72. The highest BCUT2D eigenvalue weighted by Gasteiger charge is 2.37. The number of hydrogen-bond donors (Lipinski definition) is 0. The van der Waals surface area contributed by atoms with Crippen LogP contribution in [0.4, 0.5) is 13.2 Å². The molecule has 116 valence electrons. The fourth-order valence-electron chi connectivity index (χ4n) is 1.85. The third-order valence-corrected chi connectivity index (χ3v) is 4.73. The van der Waals surface area contributed by atoms with E-state index in [4.69, 9.17) is 4.42 Å². The molecule has 10 heteroatoms. The predicted octanol–water partition coefficient (Wildman–Crippen LogP) is 3.98. The van der Waals surface area contributed by atoms with E-state index in [1.165, 1.54) is 29.6 Å². The molecular weight excluding hydrogens is 337 g/mol. The molecule has 0 atom stereocenters. The SMILES string of the molecule is C=CCSc1nnc(-c2cc3c(C(F)(F)F)nn(C)c3s2)o1. The largest absolute Gasteiger partial charge is 0.435 e.